The monoisotopic (exact) mass is 354 g/mol. The van der Waals surface area contributed by atoms with Crippen molar-refractivity contribution >= 4 is 27.3 Å². The number of aliphatic hydroxyl groups excluding tert-OH is 1. The molecule has 0 bridgehead atoms. The molecule has 0 amide bonds. The molecule has 1 unspecified atom stereocenters. The van der Waals surface area contributed by atoms with E-state index in [9.17, 15) is 9.50 Å². The number of thiophene rings is 1. The van der Waals surface area contributed by atoms with Gasteiger partial charge in [0.15, 0.2) is 0 Å². The first kappa shape index (κ1) is 14.2. The summed E-state index contributed by atoms with van der Waals surface area (Å²) in [6, 6.07) is 7.07. The Morgan fingerprint density at radius 2 is 2.05 bits per heavy atom. The number of fused-ring (bicyclic) bond motifs is 1. The zero-order chi connectivity index (χ0) is 14.1. The second-order valence-corrected chi connectivity index (χ2v) is 7.30. The summed E-state index contributed by atoms with van der Waals surface area (Å²) in [5.41, 5.74) is 2.35. The molecule has 0 fully saturated rings. The van der Waals surface area contributed by atoms with Crippen LogP contribution in [-0.4, -0.2) is 5.11 Å². The van der Waals surface area contributed by atoms with Crippen LogP contribution in [0.3, 0.4) is 0 Å². The Balaban J connectivity index is 1.76. The van der Waals surface area contributed by atoms with Gasteiger partial charge in [0.05, 0.1) is 10.6 Å². The number of halogens is 2. The maximum Gasteiger partial charge on any atom is 0.137 e. The average molecular weight is 355 g/mol. The number of aliphatic hydroxyl groups is 1. The molecule has 0 spiro atoms. The Bertz CT molecular complexity index is 599. The second-order valence-electron chi connectivity index (χ2n) is 5.27. The van der Waals surface area contributed by atoms with Gasteiger partial charge in [0.1, 0.15) is 5.82 Å². The van der Waals surface area contributed by atoms with Gasteiger partial charge in [0, 0.05) is 16.2 Å². The quantitative estimate of drug-likeness (QED) is 0.838. The molecule has 2 aromatic rings. The van der Waals surface area contributed by atoms with Crippen LogP contribution in [0.25, 0.3) is 0 Å². The third-order valence-corrected chi connectivity index (χ3v) is 5.70. The van der Waals surface area contributed by atoms with Crippen molar-refractivity contribution in [3.8, 4) is 0 Å². The van der Waals surface area contributed by atoms with Crippen LogP contribution in [0.2, 0.25) is 0 Å². The average Bonchev–Trinajstić information content (AvgIpc) is 2.87. The molecule has 3 rings (SSSR count). The molecule has 106 valence electrons. The van der Waals surface area contributed by atoms with Crippen molar-refractivity contribution in [1.29, 1.82) is 0 Å². The number of hydrogen-bond acceptors (Lipinski definition) is 2. The first-order valence-electron chi connectivity index (χ1n) is 6.87. The fourth-order valence-electron chi connectivity index (χ4n) is 2.67. The number of hydrogen-bond donors (Lipinski definition) is 1. The van der Waals surface area contributed by atoms with Gasteiger partial charge in [-0.1, -0.05) is 6.07 Å². The summed E-state index contributed by atoms with van der Waals surface area (Å²) in [7, 11) is 0. The molecular weight excluding hydrogens is 339 g/mol. The summed E-state index contributed by atoms with van der Waals surface area (Å²) in [5, 5.41) is 10.4. The zero-order valence-electron chi connectivity index (χ0n) is 11.0. The summed E-state index contributed by atoms with van der Waals surface area (Å²) in [6.45, 7) is 0. The second kappa shape index (κ2) is 5.96. The van der Waals surface area contributed by atoms with E-state index in [1.165, 1.54) is 29.3 Å². The van der Waals surface area contributed by atoms with E-state index in [0.29, 0.717) is 10.9 Å². The first-order chi connectivity index (χ1) is 9.63. The molecular formula is C16H16BrFOS. The topological polar surface area (TPSA) is 20.2 Å². The lowest BCUT2D eigenvalue weighted by Gasteiger charge is -2.09. The zero-order valence-corrected chi connectivity index (χ0v) is 13.4. The van der Waals surface area contributed by atoms with Gasteiger partial charge in [0.2, 0.25) is 0 Å². The highest BCUT2D eigenvalue weighted by molar-refractivity contribution is 9.10. The molecule has 1 heterocycles. The van der Waals surface area contributed by atoms with E-state index in [-0.39, 0.29) is 5.82 Å². The first-order valence-corrected chi connectivity index (χ1v) is 8.48. The van der Waals surface area contributed by atoms with E-state index < -0.39 is 6.10 Å². The smallest absolute Gasteiger partial charge is 0.137 e. The van der Waals surface area contributed by atoms with Crippen LogP contribution in [0.5, 0.6) is 0 Å². The Morgan fingerprint density at radius 3 is 2.80 bits per heavy atom. The molecule has 1 N–H and O–H groups in total. The van der Waals surface area contributed by atoms with Gasteiger partial charge in [-0.3, -0.25) is 0 Å². The van der Waals surface area contributed by atoms with Crippen molar-refractivity contribution in [3.05, 3.63) is 55.4 Å². The number of rotatable bonds is 3. The summed E-state index contributed by atoms with van der Waals surface area (Å²) in [6.07, 6.45) is 4.83. The normalized spacial score (nSPS) is 15.9. The van der Waals surface area contributed by atoms with Gasteiger partial charge in [-0.2, -0.15) is 0 Å². The summed E-state index contributed by atoms with van der Waals surface area (Å²) < 4.78 is 13.7. The SMILES string of the molecule is OC(Cc1ccc(F)c(Br)c1)c1cc2c(s1)CCCC2. The van der Waals surface area contributed by atoms with Gasteiger partial charge in [-0.15, -0.1) is 11.3 Å². The molecule has 0 saturated heterocycles. The molecule has 0 aliphatic heterocycles. The lowest BCUT2D eigenvalue weighted by Crippen LogP contribution is -2.00. The van der Waals surface area contributed by atoms with E-state index in [0.717, 1.165) is 23.3 Å². The molecule has 1 aromatic heterocycles. The Morgan fingerprint density at radius 1 is 1.25 bits per heavy atom. The van der Waals surface area contributed by atoms with Gasteiger partial charge < -0.3 is 5.11 Å². The molecule has 20 heavy (non-hydrogen) atoms. The van der Waals surface area contributed by atoms with Gasteiger partial charge >= 0.3 is 0 Å². The standard InChI is InChI=1S/C16H16BrFOS/c17-12-7-10(5-6-13(12)18)8-14(19)16-9-11-3-1-2-4-15(11)20-16/h5-7,9,14,19H,1-4,8H2. The number of aryl methyl sites for hydroxylation is 2. The fraction of sp³-hybridized carbons (Fsp3) is 0.375. The predicted octanol–water partition coefficient (Wildman–Crippen LogP) is 4.80. The maximum absolute atomic E-state index is 13.2. The maximum atomic E-state index is 13.2. The minimum atomic E-state index is -0.497. The Kier molecular flexibility index (Phi) is 4.24. The van der Waals surface area contributed by atoms with E-state index in [2.05, 4.69) is 22.0 Å². The molecule has 0 saturated carbocycles. The molecule has 1 aliphatic rings. The van der Waals surface area contributed by atoms with Crippen LogP contribution in [-0.2, 0) is 19.3 Å². The van der Waals surface area contributed by atoms with Crippen molar-refractivity contribution in [2.75, 3.05) is 0 Å². The predicted molar refractivity (Wildman–Crippen MR) is 83.7 cm³/mol. The molecule has 1 aromatic carbocycles. The summed E-state index contributed by atoms with van der Waals surface area (Å²) >= 11 is 4.92. The van der Waals surface area contributed by atoms with E-state index >= 15 is 0 Å². The van der Waals surface area contributed by atoms with Crippen LogP contribution in [0.4, 0.5) is 4.39 Å². The third-order valence-electron chi connectivity index (χ3n) is 3.76. The van der Waals surface area contributed by atoms with Crippen molar-refractivity contribution in [2.24, 2.45) is 0 Å². The minimum absolute atomic E-state index is 0.269. The highest BCUT2D eigenvalue weighted by Gasteiger charge is 2.18. The highest BCUT2D eigenvalue weighted by Crippen LogP contribution is 2.34. The Labute approximate surface area is 130 Å². The van der Waals surface area contributed by atoms with Gasteiger partial charge in [-0.05, 0) is 70.9 Å². The van der Waals surface area contributed by atoms with Crippen molar-refractivity contribution in [1.82, 2.24) is 0 Å². The van der Waals surface area contributed by atoms with E-state index in [1.54, 1.807) is 23.5 Å². The van der Waals surface area contributed by atoms with Crippen LogP contribution in [0, 0.1) is 5.82 Å². The highest BCUT2D eigenvalue weighted by atomic mass is 79.9. The summed E-state index contributed by atoms with van der Waals surface area (Å²) in [5.74, 6) is -0.269. The van der Waals surface area contributed by atoms with E-state index in [4.69, 9.17) is 0 Å². The van der Waals surface area contributed by atoms with Crippen LogP contribution < -0.4 is 0 Å². The Hall–Kier alpha value is -0.710. The lowest BCUT2D eigenvalue weighted by atomic mass is 9.98. The molecule has 1 aliphatic carbocycles. The third kappa shape index (κ3) is 2.97. The number of benzene rings is 1. The largest absolute Gasteiger partial charge is 0.387 e. The van der Waals surface area contributed by atoms with Gasteiger partial charge in [-0.25, -0.2) is 4.39 Å². The van der Waals surface area contributed by atoms with Crippen molar-refractivity contribution < 1.29 is 9.50 Å². The lowest BCUT2D eigenvalue weighted by molar-refractivity contribution is 0.182. The summed E-state index contributed by atoms with van der Waals surface area (Å²) in [4.78, 5) is 2.47. The fourth-order valence-corrected chi connectivity index (χ4v) is 4.34. The van der Waals surface area contributed by atoms with Crippen molar-refractivity contribution in [3.63, 3.8) is 0 Å². The minimum Gasteiger partial charge on any atom is -0.387 e. The molecule has 0 radical (unpaired) electrons. The molecule has 4 heteroatoms. The molecule has 1 nitrogen and oxygen atoms in total. The molecule has 1 atom stereocenters. The van der Waals surface area contributed by atoms with Crippen molar-refractivity contribution in [2.45, 2.75) is 38.2 Å². The van der Waals surface area contributed by atoms with Gasteiger partial charge in [0.25, 0.3) is 0 Å². The van der Waals surface area contributed by atoms with E-state index in [1.807, 2.05) is 0 Å². The van der Waals surface area contributed by atoms with Crippen LogP contribution in [0.1, 0.15) is 39.8 Å². The van der Waals surface area contributed by atoms with Crippen LogP contribution >= 0.6 is 27.3 Å². The van der Waals surface area contributed by atoms with Crippen LogP contribution in [0.15, 0.2) is 28.7 Å².